The minimum atomic E-state index is -0.784. The first-order valence-electron chi connectivity index (χ1n) is 18.9. The third-order valence-corrected chi connectivity index (χ3v) is 11.1. The standard InChI is InChI=1S/C43H47N5O6S/c1-27-30(12-8-15-35(27)53-23-9-10-28-19-21-47(24-28)26-38(49)50)31-17-18-37(45-39(31)41(52)54-43(2,3)4)48-22-20-29-11-7-13-32(33(29)25-48)40(51)46-42-44-34-14-5-6-16-36(34)55-42/h5-8,11-18,28H,9-10,19-26H2,1-4H3,(H,49,50)(H,44,46,51)/t28-/m1/s1. The summed E-state index contributed by atoms with van der Waals surface area (Å²) in [5.74, 6) is 0.313. The zero-order valence-corrected chi connectivity index (χ0v) is 32.6. The highest BCUT2D eigenvalue weighted by molar-refractivity contribution is 7.22. The molecule has 1 fully saturated rings. The number of carboxylic acid groups (broad SMARTS) is 1. The molecule has 12 heteroatoms. The van der Waals surface area contributed by atoms with E-state index in [1.165, 1.54) is 11.3 Å². The number of nitrogens with one attached hydrogen (secondary N) is 1. The molecule has 7 rings (SSSR count). The highest BCUT2D eigenvalue weighted by Gasteiger charge is 2.28. The van der Waals surface area contributed by atoms with Gasteiger partial charge in [0.25, 0.3) is 5.91 Å². The third kappa shape index (κ3) is 8.98. The number of anilines is 2. The van der Waals surface area contributed by atoms with Crippen LogP contribution >= 0.6 is 11.3 Å². The number of pyridine rings is 1. The molecule has 1 amide bonds. The van der Waals surface area contributed by atoms with Gasteiger partial charge in [-0.3, -0.25) is 19.8 Å². The van der Waals surface area contributed by atoms with Crippen LogP contribution in [0.1, 0.15) is 77.6 Å². The van der Waals surface area contributed by atoms with Crippen molar-refractivity contribution in [1.82, 2.24) is 14.9 Å². The Kier molecular flexibility index (Phi) is 11.2. The summed E-state index contributed by atoms with van der Waals surface area (Å²) in [6.45, 7) is 10.9. The van der Waals surface area contributed by atoms with Crippen molar-refractivity contribution in [2.45, 2.75) is 65.5 Å². The molecule has 0 radical (unpaired) electrons. The summed E-state index contributed by atoms with van der Waals surface area (Å²) in [6, 6.07) is 23.3. The number of carbonyl (C=O) groups is 3. The lowest BCUT2D eigenvalue weighted by molar-refractivity contribution is -0.138. The van der Waals surface area contributed by atoms with Gasteiger partial charge in [-0.2, -0.15) is 0 Å². The van der Waals surface area contributed by atoms with Crippen LogP contribution in [-0.4, -0.2) is 76.2 Å². The molecule has 0 unspecified atom stereocenters. The van der Waals surface area contributed by atoms with E-state index in [1.54, 1.807) is 0 Å². The van der Waals surface area contributed by atoms with E-state index >= 15 is 0 Å². The Bertz CT molecular complexity index is 2200. The van der Waals surface area contributed by atoms with Crippen molar-refractivity contribution in [3.8, 4) is 16.9 Å². The van der Waals surface area contributed by atoms with Gasteiger partial charge in [-0.15, -0.1) is 0 Å². The van der Waals surface area contributed by atoms with Gasteiger partial charge < -0.3 is 19.5 Å². The van der Waals surface area contributed by atoms with Crippen LogP contribution in [0, 0.1) is 12.8 Å². The topological polar surface area (TPSA) is 134 Å². The van der Waals surface area contributed by atoms with Crippen LogP contribution in [0.4, 0.5) is 10.9 Å². The van der Waals surface area contributed by atoms with Crippen LogP contribution in [0.15, 0.2) is 72.8 Å². The molecule has 55 heavy (non-hydrogen) atoms. The van der Waals surface area contributed by atoms with Crippen molar-refractivity contribution in [2.24, 2.45) is 5.92 Å². The molecule has 1 atom stereocenters. The summed E-state index contributed by atoms with van der Waals surface area (Å²) in [7, 11) is 0. The monoisotopic (exact) mass is 761 g/mol. The first-order chi connectivity index (χ1) is 26.4. The molecule has 2 aliphatic heterocycles. The van der Waals surface area contributed by atoms with E-state index in [4.69, 9.17) is 19.6 Å². The van der Waals surface area contributed by atoms with E-state index in [0.717, 1.165) is 70.6 Å². The van der Waals surface area contributed by atoms with Gasteiger partial charge in [0.2, 0.25) is 0 Å². The number of aliphatic carboxylic acids is 1. The number of ether oxygens (including phenoxy) is 2. The molecule has 0 aliphatic carbocycles. The minimum absolute atomic E-state index is 0.0955. The van der Waals surface area contributed by atoms with Gasteiger partial charge in [0.15, 0.2) is 10.8 Å². The predicted molar refractivity (Wildman–Crippen MR) is 215 cm³/mol. The highest BCUT2D eigenvalue weighted by atomic mass is 32.1. The fraction of sp³-hybridized carbons (Fsp3) is 0.372. The van der Waals surface area contributed by atoms with E-state index in [0.29, 0.717) is 54.1 Å². The Balaban J connectivity index is 1.10. The zero-order chi connectivity index (χ0) is 38.7. The normalized spacial score (nSPS) is 15.9. The van der Waals surface area contributed by atoms with Crippen molar-refractivity contribution in [1.29, 1.82) is 0 Å². The van der Waals surface area contributed by atoms with Crippen molar-refractivity contribution in [2.75, 3.05) is 43.0 Å². The first-order valence-corrected chi connectivity index (χ1v) is 19.7. The van der Waals surface area contributed by atoms with E-state index in [-0.39, 0.29) is 18.1 Å². The lowest BCUT2D eigenvalue weighted by Gasteiger charge is -2.31. The molecule has 1 saturated heterocycles. The van der Waals surface area contributed by atoms with E-state index in [1.807, 2.05) is 99.3 Å². The predicted octanol–water partition coefficient (Wildman–Crippen LogP) is 8.00. The molecule has 2 N–H and O–H groups in total. The number of thiazole rings is 1. The number of hydrogen-bond donors (Lipinski definition) is 2. The number of aromatic nitrogens is 2. The van der Waals surface area contributed by atoms with Crippen molar-refractivity contribution < 1.29 is 29.0 Å². The summed E-state index contributed by atoms with van der Waals surface area (Å²) >= 11 is 1.44. The molecule has 286 valence electrons. The summed E-state index contributed by atoms with van der Waals surface area (Å²) < 4.78 is 13.2. The second-order valence-electron chi connectivity index (χ2n) is 15.3. The lowest BCUT2D eigenvalue weighted by Crippen LogP contribution is -2.33. The number of hydrogen-bond acceptors (Lipinski definition) is 10. The summed E-state index contributed by atoms with van der Waals surface area (Å²) in [5.41, 5.74) is 5.31. The fourth-order valence-electron chi connectivity index (χ4n) is 7.50. The van der Waals surface area contributed by atoms with Gasteiger partial charge in [-0.05, 0) is 124 Å². The molecular formula is C43H47N5O6S. The Morgan fingerprint density at radius 3 is 2.58 bits per heavy atom. The zero-order valence-electron chi connectivity index (χ0n) is 31.8. The maximum atomic E-state index is 13.9. The Labute approximate surface area is 325 Å². The summed E-state index contributed by atoms with van der Waals surface area (Å²) in [5, 5.41) is 12.7. The smallest absolute Gasteiger partial charge is 0.358 e. The van der Waals surface area contributed by atoms with Crippen molar-refractivity contribution >= 4 is 50.3 Å². The number of esters is 1. The molecule has 4 heterocycles. The average Bonchev–Trinajstić information content (AvgIpc) is 3.78. The Morgan fingerprint density at radius 1 is 0.964 bits per heavy atom. The number of carboxylic acids is 1. The van der Waals surface area contributed by atoms with Crippen LogP contribution in [0.25, 0.3) is 21.3 Å². The number of fused-ring (bicyclic) bond motifs is 2. The van der Waals surface area contributed by atoms with Crippen molar-refractivity contribution in [3.63, 3.8) is 0 Å². The van der Waals surface area contributed by atoms with Gasteiger partial charge in [0, 0.05) is 30.8 Å². The summed E-state index contributed by atoms with van der Waals surface area (Å²) in [6.07, 6.45) is 3.55. The van der Waals surface area contributed by atoms with Gasteiger partial charge >= 0.3 is 11.9 Å². The van der Waals surface area contributed by atoms with Crippen LogP contribution in [-0.2, 0) is 22.5 Å². The molecule has 0 saturated carbocycles. The average molecular weight is 762 g/mol. The quantitative estimate of drug-likeness (QED) is 0.0952. The van der Waals surface area contributed by atoms with E-state index in [9.17, 15) is 14.4 Å². The molecular weight excluding hydrogens is 715 g/mol. The first kappa shape index (κ1) is 38.0. The largest absolute Gasteiger partial charge is 0.493 e. The second kappa shape index (κ2) is 16.2. The van der Waals surface area contributed by atoms with E-state index in [2.05, 4.69) is 21.3 Å². The van der Waals surface area contributed by atoms with Gasteiger partial charge in [0.05, 0.1) is 23.4 Å². The van der Waals surface area contributed by atoms with Gasteiger partial charge in [-0.25, -0.2) is 14.8 Å². The highest BCUT2D eigenvalue weighted by Crippen LogP contribution is 2.35. The number of amides is 1. The number of carbonyl (C=O) groups excluding carboxylic acids is 2. The Hall–Kier alpha value is -5.33. The second-order valence-corrected chi connectivity index (χ2v) is 16.4. The summed E-state index contributed by atoms with van der Waals surface area (Å²) in [4.78, 5) is 52.3. The maximum Gasteiger partial charge on any atom is 0.358 e. The Morgan fingerprint density at radius 2 is 1.78 bits per heavy atom. The van der Waals surface area contributed by atoms with E-state index < -0.39 is 17.5 Å². The lowest BCUT2D eigenvalue weighted by atomic mass is 9.94. The number of para-hydroxylation sites is 1. The molecule has 2 aliphatic rings. The molecule has 3 aromatic carbocycles. The third-order valence-electron chi connectivity index (χ3n) is 10.1. The molecule has 2 aromatic heterocycles. The van der Waals surface area contributed by atoms with Crippen LogP contribution in [0.5, 0.6) is 5.75 Å². The molecule has 5 aromatic rings. The number of nitrogens with zero attached hydrogens (tertiary/aromatic N) is 4. The fourth-order valence-corrected chi connectivity index (χ4v) is 8.36. The van der Waals surface area contributed by atoms with Crippen LogP contribution in [0.2, 0.25) is 0 Å². The molecule has 0 bridgehead atoms. The number of benzene rings is 3. The van der Waals surface area contributed by atoms with Crippen LogP contribution < -0.4 is 15.0 Å². The molecule has 11 nitrogen and oxygen atoms in total. The van der Waals surface area contributed by atoms with Crippen molar-refractivity contribution in [3.05, 3.63) is 101 Å². The van der Waals surface area contributed by atoms with Gasteiger partial charge in [-0.1, -0.05) is 47.7 Å². The number of rotatable bonds is 12. The number of likely N-dealkylation sites (tertiary alicyclic amines) is 1. The van der Waals surface area contributed by atoms with Crippen LogP contribution in [0.3, 0.4) is 0 Å². The molecule has 0 spiro atoms. The maximum absolute atomic E-state index is 13.9. The SMILES string of the molecule is Cc1c(OCCC[C@@H]2CCN(CC(=O)O)C2)cccc1-c1ccc(N2CCc3cccc(C(=O)Nc4nc5ccccc5s4)c3C2)nc1C(=O)OC(C)(C)C. The minimum Gasteiger partial charge on any atom is -0.493 e. The van der Waals surface area contributed by atoms with Gasteiger partial charge in [0.1, 0.15) is 17.2 Å².